The predicted octanol–water partition coefficient (Wildman–Crippen LogP) is 3.77. The van der Waals surface area contributed by atoms with Crippen molar-refractivity contribution in [1.29, 1.82) is 0 Å². The van der Waals surface area contributed by atoms with Crippen molar-refractivity contribution in [2.75, 3.05) is 7.11 Å². The molecule has 1 rings (SSSR count). The molecule has 0 amide bonds. The minimum atomic E-state index is -4.74. The van der Waals surface area contributed by atoms with Crippen LogP contribution in [0.1, 0.15) is 38.8 Å². The van der Waals surface area contributed by atoms with Crippen molar-refractivity contribution in [3.8, 4) is 0 Å². The summed E-state index contributed by atoms with van der Waals surface area (Å²) in [5.74, 6) is -1.63. The summed E-state index contributed by atoms with van der Waals surface area (Å²) in [4.78, 5) is 22.8. The molecular weight excluding hydrogens is 329 g/mol. The summed E-state index contributed by atoms with van der Waals surface area (Å²) in [6, 6.07) is 0.642. The van der Waals surface area contributed by atoms with E-state index in [0.29, 0.717) is 6.07 Å². The van der Waals surface area contributed by atoms with E-state index >= 15 is 0 Å². The number of halogens is 4. The van der Waals surface area contributed by atoms with Crippen molar-refractivity contribution in [2.24, 2.45) is 0 Å². The SMILES string of the molecule is COC(=O)c1cc(C(F)(F)F)c(C(C)=O)c(Br)c1C. The molecule has 0 aliphatic rings. The monoisotopic (exact) mass is 338 g/mol. The molecule has 0 unspecified atom stereocenters. The zero-order chi connectivity index (χ0) is 15.0. The van der Waals surface area contributed by atoms with Crippen molar-refractivity contribution < 1.29 is 27.5 Å². The van der Waals surface area contributed by atoms with E-state index < -0.39 is 29.1 Å². The Labute approximate surface area is 115 Å². The second-order valence-corrected chi connectivity index (χ2v) is 4.62. The van der Waals surface area contributed by atoms with Crippen LogP contribution in [-0.4, -0.2) is 18.9 Å². The second-order valence-electron chi connectivity index (χ2n) is 3.83. The molecule has 0 N–H and O–H groups in total. The number of alkyl halides is 3. The average Bonchev–Trinajstić information content (AvgIpc) is 2.29. The van der Waals surface area contributed by atoms with E-state index in [1.165, 1.54) is 6.92 Å². The van der Waals surface area contributed by atoms with E-state index in [2.05, 4.69) is 20.7 Å². The van der Waals surface area contributed by atoms with Gasteiger partial charge >= 0.3 is 12.1 Å². The van der Waals surface area contributed by atoms with Crippen LogP contribution in [-0.2, 0) is 10.9 Å². The minimum absolute atomic E-state index is 0.0461. The average molecular weight is 339 g/mol. The zero-order valence-electron chi connectivity index (χ0n) is 10.3. The van der Waals surface area contributed by atoms with Gasteiger partial charge in [0, 0.05) is 10.0 Å². The van der Waals surface area contributed by atoms with E-state index in [4.69, 9.17) is 0 Å². The standard InChI is InChI=1S/C12H10BrF3O3/c1-5-7(11(18)19-3)4-8(12(14,15)16)9(6(2)17)10(5)13/h4H,1-3H3. The molecule has 0 spiro atoms. The molecule has 7 heteroatoms. The van der Waals surface area contributed by atoms with Gasteiger partial charge in [-0.1, -0.05) is 0 Å². The Bertz CT molecular complexity index is 550. The summed E-state index contributed by atoms with van der Waals surface area (Å²) < 4.78 is 43.2. The molecule has 0 bridgehead atoms. The highest BCUT2D eigenvalue weighted by Crippen LogP contribution is 2.38. The van der Waals surface area contributed by atoms with Crippen LogP contribution < -0.4 is 0 Å². The lowest BCUT2D eigenvalue weighted by atomic mass is 9.96. The highest BCUT2D eigenvalue weighted by molar-refractivity contribution is 9.10. The lowest BCUT2D eigenvalue weighted by molar-refractivity contribution is -0.138. The Kier molecular flexibility index (Phi) is 4.39. The van der Waals surface area contributed by atoms with Gasteiger partial charge in [-0.25, -0.2) is 4.79 Å². The van der Waals surface area contributed by atoms with Crippen LogP contribution in [0.2, 0.25) is 0 Å². The van der Waals surface area contributed by atoms with E-state index in [1.807, 2.05) is 0 Å². The fourth-order valence-corrected chi connectivity index (χ4v) is 2.34. The van der Waals surface area contributed by atoms with Crippen LogP contribution >= 0.6 is 15.9 Å². The molecule has 0 atom stereocenters. The summed E-state index contributed by atoms with van der Waals surface area (Å²) in [5, 5.41) is 0. The van der Waals surface area contributed by atoms with Gasteiger partial charge in [-0.3, -0.25) is 4.79 Å². The van der Waals surface area contributed by atoms with Crippen molar-refractivity contribution in [3.05, 3.63) is 32.8 Å². The van der Waals surface area contributed by atoms with Gasteiger partial charge in [-0.2, -0.15) is 13.2 Å². The first-order valence-corrected chi connectivity index (χ1v) is 5.90. The van der Waals surface area contributed by atoms with Crippen LogP contribution in [0.5, 0.6) is 0 Å². The molecule has 0 heterocycles. The molecule has 0 aliphatic heterocycles. The highest BCUT2D eigenvalue weighted by Gasteiger charge is 2.37. The molecule has 1 aromatic rings. The molecule has 0 aliphatic carbocycles. The van der Waals surface area contributed by atoms with E-state index in [1.54, 1.807) is 0 Å². The summed E-state index contributed by atoms with van der Waals surface area (Å²) in [7, 11) is 1.07. The fraction of sp³-hybridized carbons (Fsp3) is 0.333. The van der Waals surface area contributed by atoms with E-state index in [0.717, 1.165) is 14.0 Å². The molecule has 0 saturated heterocycles. The van der Waals surface area contributed by atoms with Gasteiger partial charge in [-0.15, -0.1) is 0 Å². The van der Waals surface area contributed by atoms with E-state index in [-0.39, 0.29) is 15.6 Å². The third kappa shape index (κ3) is 2.97. The lowest BCUT2D eigenvalue weighted by Crippen LogP contribution is -2.16. The van der Waals surface area contributed by atoms with Crippen LogP contribution in [0.25, 0.3) is 0 Å². The van der Waals surface area contributed by atoms with Crippen molar-refractivity contribution >= 4 is 27.7 Å². The number of esters is 1. The maximum Gasteiger partial charge on any atom is 0.417 e. The van der Waals surface area contributed by atoms with E-state index in [9.17, 15) is 22.8 Å². The largest absolute Gasteiger partial charge is 0.465 e. The highest BCUT2D eigenvalue weighted by atomic mass is 79.9. The van der Waals surface area contributed by atoms with Crippen LogP contribution in [0, 0.1) is 6.92 Å². The smallest absolute Gasteiger partial charge is 0.417 e. The Morgan fingerprint density at radius 3 is 2.21 bits per heavy atom. The second kappa shape index (κ2) is 5.32. The first-order chi connectivity index (χ1) is 8.61. The quantitative estimate of drug-likeness (QED) is 0.609. The van der Waals surface area contributed by atoms with Crippen molar-refractivity contribution in [1.82, 2.24) is 0 Å². The Balaban J connectivity index is 3.74. The van der Waals surface area contributed by atoms with Gasteiger partial charge in [0.15, 0.2) is 5.78 Å². The molecular formula is C12H10BrF3O3. The maximum atomic E-state index is 12.9. The van der Waals surface area contributed by atoms with Crippen molar-refractivity contribution in [2.45, 2.75) is 20.0 Å². The third-order valence-electron chi connectivity index (χ3n) is 2.57. The van der Waals surface area contributed by atoms with Gasteiger partial charge in [0.25, 0.3) is 0 Å². The molecule has 3 nitrogen and oxygen atoms in total. The number of hydrogen-bond acceptors (Lipinski definition) is 3. The summed E-state index contributed by atoms with van der Waals surface area (Å²) in [6.07, 6.45) is -4.74. The third-order valence-corrected chi connectivity index (χ3v) is 3.56. The maximum absolute atomic E-state index is 12.9. The summed E-state index contributed by atoms with van der Waals surface area (Å²) >= 11 is 2.94. The van der Waals surface area contributed by atoms with Gasteiger partial charge < -0.3 is 4.74 Å². The zero-order valence-corrected chi connectivity index (χ0v) is 11.9. The number of benzene rings is 1. The van der Waals surface area contributed by atoms with Gasteiger partial charge in [0.1, 0.15) is 0 Å². The number of carbonyl (C=O) groups is 2. The minimum Gasteiger partial charge on any atom is -0.465 e. The number of ketones is 1. The summed E-state index contributed by atoms with van der Waals surface area (Å²) in [6.45, 7) is 2.47. The first-order valence-electron chi connectivity index (χ1n) is 5.10. The fourth-order valence-electron chi connectivity index (χ4n) is 1.64. The van der Waals surface area contributed by atoms with Crippen LogP contribution in [0.4, 0.5) is 13.2 Å². The number of carbonyl (C=O) groups excluding carboxylic acids is 2. The van der Waals surface area contributed by atoms with Gasteiger partial charge in [-0.05, 0) is 41.4 Å². The molecule has 0 saturated carbocycles. The van der Waals surface area contributed by atoms with Gasteiger partial charge in [0.2, 0.25) is 0 Å². The topological polar surface area (TPSA) is 43.4 Å². The number of hydrogen-bond donors (Lipinski definition) is 0. The molecule has 19 heavy (non-hydrogen) atoms. The summed E-state index contributed by atoms with van der Waals surface area (Å²) in [5.41, 5.74) is -1.65. The first kappa shape index (κ1) is 15.7. The Morgan fingerprint density at radius 2 is 1.84 bits per heavy atom. The Hall–Kier alpha value is -1.37. The number of ether oxygens (including phenoxy) is 1. The molecule has 0 fully saturated rings. The number of Topliss-reactive ketones (excluding diaryl/α,β-unsaturated/α-hetero) is 1. The molecule has 0 radical (unpaired) electrons. The van der Waals surface area contributed by atoms with Gasteiger partial charge in [0.05, 0.1) is 18.2 Å². The molecule has 1 aromatic carbocycles. The lowest BCUT2D eigenvalue weighted by Gasteiger charge is -2.16. The number of rotatable bonds is 2. The van der Waals surface area contributed by atoms with Crippen LogP contribution in [0.15, 0.2) is 10.5 Å². The molecule has 0 aromatic heterocycles. The molecule has 104 valence electrons. The Morgan fingerprint density at radius 1 is 1.32 bits per heavy atom. The predicted molar refractivity (Wildman–Crippen MR) is 65.2 cm³/mol. The number of methoxy groups -OCH3 is 1. The van der Waals surface area contributed by atoms with Crippen LogP contribution in [0.3, 0.4) is 0 Å². The normalized spacial score (nSPS) is 11.3. The van der Waals surface area contributed by atoms with Crippen molar-refractivity contribution in [3.63, 3.8) is 0 Å².